The molecule has 1 aromatic carbocycles. The highest BCUT2D eigenvalue weighted by Crippen LogP contribution is 2.25. The molecule has 1 atom stereocenters. The molecule has 3 heteroatoms. The number of nitrogens with zero attached hydrogens (tertiary/aromatic N) is 1. The Bertz CT molecular complexity index is 352. The van der Waals surface area contributed by atoms with E-state index in [1.807, 2.05) is 12.1 Å². The molecular formula is C14H23ClN2. The Balaban J connectivity index is 2.94. The first-order chi connectivity index (χ1) is 8.08. The van der Waals surface area contributed by atoms with Gasteiger partial charge >= 0.3 is 0 Å². The third kappa shape index (κ3) is 4.21. The summed E-state index contributed by atoms with van der Waals surface area (Å²) in [5.41, 5.74) is 8.54. The van der Waals surface area contributed by atoms with Crippen LogP contribution in [0.4, 0.5) is 5.69 Å². The topological polar surface area (TPSA) is 29.3 Å². The molecule has 0 aromatic heterocycles. The van der Waals surface area contributed by atoms with E-state index in [0.29, 0.717) is 0 Å². The highest BCUT2D eigenvalue weighted by molar-refractivity contribution is 6.30. The molecule has 0 bridgehead atoms. The van der Waals surface area contributed by atoms with Crippen molar-refractivity contribution < 1.29 is 0 Å². The van der Waals surface area contributed by atoms with Gasteiger partial charge in [0.1, 0.15) is 0 Å². The number of halogens is 1. The summed E-state index contributed by atoms with van der Waals surface area (Å²) in [6.07, 6.45) is 3.02. The molecule has 0 heterocycles. The first-order valence-electron chi connectivity index (χ1n) is 6.33. The van der Waals surface area contributed by atoms with Gasteiger partial charge in [-0.2, -0.15) is 0 Å². The third-order valence-electron chi connectivity index (χ3n) is 3.02. The number of hydrogen-bond acceptors (Lipinski definition) is 2. The Morgan fingerprint density at radius 2 is 2.06 bits per heavy atom. The van der Waals surface area contributed by atoms with E-state index in [1.165, 1.54) is 11.3 Å². The predicted octanol–water partition coefficient (Wildman–Crippen LogP) is 3.47. The fraction of sp³-hybridized carbons (Fsp3) is 0.571. The van der Waals surface area contributed by atoms with Crippen LogP contribution in [-0.4, -0.2) is 19.6 Å². The molecule has 2 N–H and O–H groups in total. The van der Waals surface area contributed by atoms with Crippen LogP contribution in [-0.2, 0) is 6.42 Å². The van der Waals surface area contributed by atoms with E-state index in [-0.39, 0.29) is 6.04 Å². The molecule has 1 unspecified atom stereocenters. The maximum atomic E-state index is 6.07. The van der Waals surface area contributed by atoms with E-state index in [2.05, 4.69) is 31.9 Å². The Hall–Kier alpha value is -0.730. The second kappa shape index (κ2) is 6.87. The van der Waals surface area contributed by atoms with Gasteiger partial charge in [-0.1, -0.05) is 25.4 Å². The van der Waals surface area contributed by atoms with Crippen molar-refractivity contribution in [2.45, 2.75) is 39.2 Å². The molecule has 1 aromatic rings. The summed E-state index contributed by atoms with van der Waals surface area (Å²) in [7, 11) is 2.12. The van der Waals surface area contributed by atoms with Crippen LogP contribution in [0.2, 0.25) is 5.02 Å². The lowest BCUT2D eigenvalue weighted by Gasteiger charge is -2.23. The van der Waals surface area contributed by atoms with E-state index < -0.39 is 0 Å². The molecule has 96 valence electrons. The van der Waals surface area contributed by atoms with Crippen LogP contribution in [0.1, 0.15) is 32.3 Å². The normalized spacial score (nSPS) is 12.5. The van der Waals surface area contributed by atoms with Gasteiger partial charge in [-0.25, -0.2) is 0 Å². The Kier molecular flexibility index (Phi) is 5.79. The van der Waals surface area contributed by atoms with E-state index in [4.69, 9.17) is 17.3 Å². The second-order valence-electron chi connectivity index (χ2n) is 4.57. The molecular weight excluding hydrogens is 232 g/mol. The number of anilines is 1. The minimum atomic E-state index is 0.210. The monoisotopic (exact) mass is 254 g/mol. The second-order valence-corrected chi connectivity index (χ2v) is 5.00. The van der Waals surface area contributed by atoms with Gasteiger partial charge in [0.25, 0.3) is 0 Å². The van der Waals surface area contributed by atoms with Crippen molar-refractivity contribution in [2.75, 3.05) is 18.5 Å². The summed E-state index contributed by atoms with van der Waals surface area (Å²) in [6, 6.07) is 6.29. The largest absolute Gasteiger partial charge is 0.374 e. The molecule has 0 saturated heterocycles. The summed E-state index contributed by atoms with van der Waals surface area (Å²) in [6.45, 7) is 5.35. The molecule has 0 aliphatic rings. The minimum Gasteiger partial charge on any atom is -0.374 e. The summed E-state index contributed by atoms with van der Waals surface area (Å²) in [4.78, 5) is 2.27. The molecule has 0 radical (unpaired) electrons. The van der Waals surface area contributed by atoms with E-state index in [1.54, 1.807) is 0 Å². The molecule has 0 aliphatic heterocycles. The third-order valence-corrected chi connectivity index (χ3v) is 3.25. The average molecular weight is 255 g/mol. The van der Waals surface area contributed by atoms with Gasteiger partial charge in [-0.3, -0.25) is 0 Å². The van der Waals surface area contributed by atoms with Gasteiger partial charge in [-0.15, -0.1) is 0 Å². The zero-order valence-electron chi connectivity index (χ0n) is 11.0. The summed E-state index contributed by atoms with van der Waals surface area (Å²) in [5.74, 6) is 0. The SMILES string of the molecule is CCCN(C)c1ccc(Cl)cc1CC(N)CC. The van der Waals surface area contributed by atoms with Crippen LogP contribution in [0.25, 0.3) is 0 Å². The number of rotatable bonds is 6. The van der Waals surface area contributed by atoms with Crippen molar-refractivity contribution in [1.29, 1.82) is 0 Å². The summed E-state index contributed by atoms with van der Waals surface area (Å²) >= 11 is 6.07. The fourth-order valence-corrected chi connectivity index (χ4v) is 2.17. The maximum Gasteiger partial charge on any atom is 0.0410 e. The van der Waals surface area contributed by atoms with Crippen LogP contribution in [0, 0.1) is 0 Å². The minimum absolute atomic E-state index is 0.210. The Morgan fingerprint density at radius 3 is 2.65 bits per heavy atom. The Morgan fingerprint density at radius 1 is 1.35 bits per heavy atom. The molecule has 0 amide bonds. The smallest absolute Gasteiger partial charge is 0.0410 e. The zero-order chi connectivity index (χ0) is 12.8. The number of benzene rings is 1. The molecule has 0 aliphatic carbocycles. The number of nitrogens with two attached hydrogens (primary N) is 1. The molecule has 2 nitrogen and oxygen atoms in total. The lowest BCUT2D eigenvalue weighted by Crippen LogP contribution is -2.24. The Labute approximate surface area is 110 Å². The van der Waals surface area contributed by atoms with Gasteiger partial charge < -0.3 is 10.6 Å². The standard InChI is InChI=1S/C14H23ClN2/c1-4-8-17(3)14-7-6-12(15)9-11(14)10-13(16)5-2/h6-7,9,13H,4-5,8,10,16H2,1-3H3. The molecule has 1 rings (SSSR count). The maximum absolute atomic E-state index is 6.07. The van der Waals surface area contributed by atoms with E-state index >= 15 is 0 Å². The zero-order valence-corrected chi connectivity index (χ0v) is 11.8. The first kappa shape index (κ1) is 14.3. The van der Waals surface area contributed by atoms with E-state index in [0.717, 1.165) is 30.8 Å². The van der Waals surface area contributed by atoms with Crippen molar-refractivity contribution in [1.82, 2.24) is 0 Å². The number of hydrogen-bond donors (Lipinski definition) is 1. The molecule has 17 heavy (non-hydrogen) atoms. The average Bonchev–Trinajstić information content (AvgIpc) is 2.29. The van der Waals surface area contributed by atoms with Crippen molar-refractivity contribution >= 4 is 17.3 Å². The van der Waals surface area contributed by atoms with Gasteiger partial charge in [0, 0.05) is 30.3 Å². The lowest BCUT2D eigenvalue weighted by atomic mass is 10.0. The summed E-state index contributed by atoms with van der Waals surface area (Å²) in [5, 5.41) is 0.789. The molecule has 0 saturated carbocycles. The molecule has 0 spiro atoms. The van der Waals surface area contributed by atoms with Crippen LogP contribution < -0.4 is 10.6 Å². The predicted molar refractivity (Wildman–Crippen MR) is 77.0 cm³/mol. The van der Waals surface area contributed by atoms with Crippen LogP contribution in [0.5, 0.6) is 0 Å². The quantitative estimate of drug-likeness (QED) is 0.842. The van der Waals surface area contributed by atoms with Crippen molar-refractivity contribution in [3.63, 3.8) is 0 Å². The van der Waals surface area contributed by atoms with Crippen molar-refractivity contribution in [3.8, 4) is 0 Å². The van der Waals surface area contributed by atoms with Gasteiger partial charge in [0.05, 0.1) is 0 Å². The fourth-order valence-electron chi connectivity index (χ4n) is 1.97. The summed E-state index contributed by atoms with van der Waals surface area (Å²) < 4.78 is 0. The van der Waals surface area contributed by atoms with Crippen LogP contribution in [0.15, 0.2) is 18.2 Å². The van der Waals surface area contributed by atoms with Crippen molar-refractivity contribution in [3.05, 3.63) is 28.8 Å². The van der Waals surface area contributed by atoms with E-state index in [9.17, 15) is 0 Å². The van der Waals surface area contributed by atoms with Crippen molar-refractivity contribution in [2.24, 2.45) is 5.73 Å². The lowest BCUT2D eigenvalue weighted by molar-refractivity contribution is 0.645. The highest BCUT2D eigenvalue weighted by atomic mass is 35.5. The first-order valence-corrected chi connectivity index (χ1v) is 6.71. The van der Waals surface area contributed by atoms with Gasteiger partial charge in [-0.05, 0) is 43.0 Å². The highest BCUT2D eigenvalue weighted by Gasteiger charge is 2.10. The van der Waals surface area contributed by atoms with Gasteiger partial charge in [0.2, 0.25) is 0 Å². The van der Waals surface area contributed by atoms with Crippen LogP contribution in [0.3, 0.4) is 0 Å². The molecule has 0 fully saturated rings. The van der Waals surface area contributed by atoms with Crippen LogP contribution >= 0.6 is 11.6 Å². The van der Waals surface area contributed by atoms with Gasteiger partial charge in [0.15, 0.2) is 0 Å².